The van der Waals surface area contributed by atoms with Crippen molar-refractivity contribution in [3.63, 3.8) is 0 Å². The highest BCUT2D eigenvalue weighted by Crippen LogP contribution is 2.27. The molecule has 0 radical (unpaired) electrons. The second kappa shape index (κ2) is 6.73. The topological polar surface area (TPSA) is 35.8 Å². The van der Waals surface area contributed by atoms with E-state index < -0.39 is 0 Å². The number of thioether (sulfide) groups is 1. The lowest BCUT2D eigenvalue weighted by Crippen LogP contribution is -2.23. The molecule has 0 fully saturated rings. The van der Waals surface area contributed by atoms with Crippen molar-refractivity contribution in [2.75, 3.05) is 12.8 Å². The van der Waals surface area contributed by atoms with Crippen LogP contribution < -0.4 is 5.32 Å². The predicted octanol–water partition coefficient (Wildman–Crippen LogP) is 2.93. The van der Waals surface area contributed by atoms with Gasteiger partial charge < -0.3 is 5.32 Å². The Labute approximate surface area is 99.6 Å². The summed E-state index contributed by atoms with van der Waals surface area (Å²) in [5.74, 6) is 0.892. The van der Waals surface area contributed by atoms with Crippen molar-refractivity contribution in [2.45, 2.75) is 17.4 Å². The first-order chi connectivity index (χ1) is 7.27. The molecule has 0 bridgehead atoms. The maximum Gasteiger partial charge on any atom is 0.0958 e. The predicted molar refractivity (Wildman–Crippen MR) is 65.3 cm³/mol. The molecule has 0 saturated heterocycles. The van der Waals surface area contributed by atoms with Gasteiger partial charge in [-0.15, -0.1) is 11.8 Å². The number of hydrogen-bond donors (Lipinski definition) is 1. The third-order valence-electron chi connectivity index (χ3n) is 2.01. The van der Waals surface area contributed by atoms with E-state index in [1.807, 2.05) is 24.3 Å². The maximum atomic E-state index is 8.73. The highest BCUT2D eigenvalue weighted by Gasteiger charge is 2.04. The first kappa shape index (κ1) is 12.4. The standard InChI is InChI=1S/C11H13ClN2S/c1-14-9(8-13)6-7-15-11-5-3-2-4-10(11)12/h2-5,9,14H,6-7H2,1H3. The second-order valence-corrected chi connectivity index (χ2v) is 4.58. The Morgan fingerprint density at radius 3 is 2.87 bits per heavy atom. The molecule has 80 valence electrons. The van der Waals surface area contributed by atoms with Crippen LogP contribution in [0, 0.1) is 11.3 Å². The zero-order valence-corrected chi connectivity index (χ0v) is 10.1. The van der Waals surface area contributed by atoms with Crippen LogP contribution in [0.4, 0.5) is 0 Å². The molecular weight excluding hydrogens is 228 g/mol. The number of benzene rings is 1. The van der Waals surface area contributed by atoms with Gasteiger partial charge in [0, 0.05) is 10.6 Å². The Hall–Kier alpha value is -0.690. The van der Waals surface area contributed by atoms with Crippen LogP contribution in [0.5, 0.6) is 0 Å². The van der Waals surface area contributed by atoms with Crippen molar-refractivity contribution in [3.05, 3.63) is 29.3 Å². The van der Waals surface area contributed by atoms with Crippen LogP contribution in [0.1, 0.15) is 6.42 Å². The molecule has 0 aliphatic rings. The molecule has 1 atom stereocenters. The Kier molecular flexibility index (Phi) is 5.56. The van der Waals surface area contributed by atoms with E-state index >= 15 is 0 Å². The number of hydrogen-bond acceptors (Lipinski definition) is 3. The zero-order chi connectivity index (χ0) is 11.1. The van der Waals surface area contributed by atoms with Crippen LogP contribution >= 0.6 is 23.4 Å². The van der Waals surface area contributed by atoms with Gasteiger partial charge in [-0.05, 0) is 25.6 Å². The van der Waals surface area contributed by atoms with Crippen LogP contribution in [-0.4, -0.2) is 18.8 Å². The van der Waals surface area contributed by atoms with Crippen LogP contribution in [0.25, 0.3) is 0 Å². The molecule has 1 unspecified atom stereocenters. The van der Waals surface area contributed by atoms with E-state index in [9.17, 15) is 0 Å². The number of rotatable bonds is 5. The SMILES string of the molecule is CNC(C#N)CCSc1ccccc1Cl. The summed E-state index contributed by atoms with van der Waals surface area (Å²) in [6.07, 6.45) is 0.822. The van der Waals surface area contributed by atoms with Crippen molar-refractivity contribution in [3.8, 4) is 6.07 Å². The molecule has 15 heavy (non-hydrogen) atoms. The normalized spacial score (nSPS) is 12.1. The van der Waals surface area contributed by atoms with Crippen molar-refractivity contribution >= 4 is 23.4 Å². The third-order valence-corrected chi connectivity index (χ3v) is 3.55. The summed E-state index contributed by atoms with van der Waals surface area (Å²) in [5, 5.41) is 12.5. The Balaban J connectivity index is 2.39. The molecule has 1 rings (SSSR count). The number of halogens is 1. The summed E-state index contributed by atoms with van der Waals surface area (Å²) in [7, 11) is 1.80. The summed E-state index contributed by atoms with van der Waals surface area (Å²) in [6, 6.07) is 9.88. The van der Waals surface area contributed by atoms with E-state index in [1.54, 1.807) is 18.8 Å². The van der Waals surface area contributed by atoms with Crippen molar-refractivity contribution in [1.82, 2.24) is 5.32 Å². The molecular formula is C11H13ClN2S. The molecule has 0 amide bonds. The zero-order valence-electron chi connectivity index (χ0n) is 8.53. The lowest BCUT2D eigenvalue weighted by atomic mass is 10.3. The smallest absolute Gasteiger partial charge is 0.0958 e. The minimum atomic E-state index is -0.0695. The summed E-state index contributed by atoms with van der Waals surface area (Å²) < 4.78 is 0. The van der Waals surface area contributed by atoms with Crippen LogP contribution in [0.3, 0.4) is 0 Å². The molecule has 0 saturated carbocycles. The van der Waals surface area contributed by atoms with Crippen LogP contribution in [0.15, 0.2) is 29.2 Å². The fourth-order valence-electron chi connectivity index (χ4n) is 1.12. The molecule has 1 aromatic carbocycles. The van der Waals surface area contributed by atoms with Crippen molar-refractivity contribution < 1.29 is 0 Å². The molecule has 0 aliphatic carbocycles. The highest BCUT2D eigenvalue weighted by atomic mass is 35.5. The van der Waals surface area contributed by atoms with Crippen molar-refractivity contribution in [2.24, 2.45) is 0 Å². The molecule has 1 aromatic rings. The first-order valence-electron chi connectivity index (χ1n) is 4.72. The van der Waals surface area contributed by atoms with Crippen LogP contribution in [-0.2, 0) is 0 Å². The van der Waals surface area contributed by atoms with E-state index in [0.717, 1.165) is 22.1 Å². The van der Waals surface area contributed by atoms with Gasteiger partial charge in [0.25, 0.3) is 0 Å². The number of nitriles is 1. The third kappa shape index (κ3) is 4.13. The van der Waals surface area contributed by atoms with E-state index in [-0.39, 0.29) is 6.04 Å². The molecule has 0 spiro atoms. The minimum absolute atomic E-state index is 0.0695. The Morgan fingerprint density at radius 2 is 2.27 bits per heavy atom. The van der Waals surface area contributed by atoms with Gasteiger partial charge in [-0.3, -0.25) is 0 Å². The Bertz CT molecular complexity index is 349. The highest BCUT2D eigenvalue weighted by molar-refractivity contribution is 7.99. The maximum absolute atomic E-state index is 8.73. The second-order valence-electron chi connectivity index (χ2n) is 3.04. The van der Waals surface area contributed by atoms with Gasteiger partial charge in [0.15, 0.2) is 0 Å². The first-order valence-corrected chi connectivity index (χ1v) is 6.08. The van der Waals surface area contributed by atoms with E-state index in [4.69, 9.17) is 16.9 Å². The fourth-order valence-corrected chi connectivity index (χ4v) is 2.38. The van der Waals surface area contributed by atoms with Gasteiger partial charge in [0.05, 0.1) is 17.1 Å². The average molecular weight is 241 g/mol. The summed E-state index contributed by atoms with van der Waals surface area (Å²) in [5.41, 5.74) is 0. The molecule has 0 aromatic heterocycles. The summed E-state index contributed by atoms with van der Waals surface area (Å²) >= 11 is 7.69. The molecule has 2 nitrogen and oxygen atoms in total. The van der Waals surface area contributed by atoms with Crippen molar-refractivity contribution in [1.29, 1.82) is 5.26 Å². The lowest BCUT2D eigenvalue weighted by Gasteiger charge is -2.07. The minimum Gasteiger partial charge on any atom is -0.305 e. The lowest BCUT2D eigenvalue weighted by molar-refractivity contribution is 0.663. The van der Waals surface area contributed by atoms with Crippen LogP contribution in [0.2, 0.25) is 5.02 Å². The van der Waals surface area contributed by atoms with Gasteiger partial charge in [-0.2, -0.15) is 5.26 Å². The molecule has 0 aliphatic heterocycles. The molecule has 4 heteroatoms. The largest absolute Gasteiger partial charge is 0.305 e. The summed E-state index contributed by atoms with van der Waals surface area (Å²) in [6.45, 7) is 0. The molecule has 1 N–H and O–H groups in total. The monoisotopic (exact) mass is 240 g/mol. The fraction of sp³-hybridized carbons (Fsp3) is 0.364. The quantitative estimate of drug-likeness (QED) is 0.804. The van der Waals surface area contributed by atoms with E-state index in [1.165, 1.54) is 0 Å². The number of nitrogens with one attached hydrogen (secondary N) is 1. The van der Waals surface area contributed by atoms with Gasteiger partial charge in [0.1, 0.15) is 0 Å². The van der Waals surface area contributed by atoms with E-state index in [2.05, 4.69) is 11.4 Å². The average Bonchev–Trinajstić information content (AvgIpc) is 2.27. The number of nitrogens with zero attached hydrogens (tertiary/aromatic N) is 1. The molecule has 0 heterocycles. The van der Waals surface area contributed by atoms with Gasteiger partial charge in [-0.25, -0.2) is 0 Å². The summed E-state index contributed by atoms with van der Waals surface area (Å²) in [4.78, 5) is 1.08. The van der Waals surface area contributed by atoms with E-state index in [0.29, 0.717) is 0 Å². The van der Waals surface area contributed by atoms with Gasteiger partial charge in [0.2, 0.25) is 0 Å². The Morgan fingerprint density at radius 1 is 1.53 bits per heavy atom. The van der Waals surface area contributed by atoms with Gasteiger partial charge >= 0.3 is 0 Å². The van der Waals surface area contributed by atoms with Gasteiger partial charge in [-0.1, -0.05) is 23.7 Å².